The van der Waals surface area contributed by atoms with Crippen LogP contribution in [0.2, 0.25) is 0 Å². The standard InChI is InChI=1S/C12H14O3.2H2/c1-12(7-3-2-4-11(14)15)8-5-10(13)6-9-12;;/h3,7H,5-6,8-9H2,1H3,(H,14,15);2*1H/b7-3+;;. The number of carbonyl (C=O) groups excluding carboxylic acids is 1. The Morgan fingerprint density at radius 2 is 2.13 bits per heavy atom. The first-order valence-electron chi connectivity index (χ1n) is 4.96. The Balaban J connectivity index is 0. The molecule has 1 fully saturated rings. The fourth-order valence-electron chi connectivity index (χ4n) is 1.61. The van der Waals surface area contributed by atoms with E-state index in [2.05, 4.69) is 12.8 Å². The molecule has 0 aromatic rings. The smallest absolute Gasteiger partial charge is 0.382 e. The molecule has 0 aromatic heterocycles. The van der Waals surface area contributed by atoms with Crippen molar-refractivity contribution in [2.75, 3.05) is 0 Å². The van der Waals surface area contributed by atoms with E-state index in [1.54, 1.807) is 6.08 Å². The van der Waals surface area contributed by atoms with Crippen molar-refractivity contribution in [2.45, 2.75) is 32.6 Å². The minimum atomic E-state index is -1.12. The van der Waals surface area contributed by atoms with Crippen LogP contribution >= 0.6 is 0 Å². The lowest BCUT2D eigenvalue weighted by Crippen LogP contribution is -2.22. The fourth-order valence-corrected chi connectivity index (χ4v) is 1.61. The number of aliphatic carboxylic acids is 1. The number of carboxylic acid groups (broad SMARTS) is 1. The summed E-state index contributed by atoms with van der Waals surface area (Å²) in [4.78, 5) is 21.2. The summed E-state index contributed by atoms with van der Waals surface area (Å²) in [6.07, 6.45) is 6.38. The van der Waals surface area contributed by atoms with Crippen LogP contribution in [0.3, 0.4) is 0 Å². The highest BCUT2D eigenvalue weighted by molar-refractivity contribution is 5.86. The maximum Gasteiger partial charge on any atom is 0.382 e. The van der Waals surface area contributed by atoms with E-state index in [0.29, 0.717) is 18.6 Å². The van der Waals surface area contributed by atoms with Crippen molar-refractivity contribution in [3.05, 3.63) is 12.2 Å². The van der Waals surface area contributed by atoms with Gasteiger partial charge in [-0.2, -0.15) is 0 Å². The summed E-state index contributed by atoms with van der Waals surface area (Å²) in [7, 11) is 0. The molecule has 0 aromatic carbocycles. The highest BCUT2D eigenvalue weighted by Crippen LogP contribution is 2.35. The third-order valence-electron chi connectivity index (χ3n) is 2.70. The van der Waals surface area contributed by atoms with Gasteiger partial charge in [-0.3, -0.25) is 4.79 Å². The van der Waals surface area contributed by atoms with Crippen LogP contribution in [0.4, 0.5) is 0 Å². The molecule has 0 heterocycles. The van der Waals surface area contributed by atoms with E-state index in [0.717, 1.165) is 12.8 Å². The molecule has 84 valence electrons. The van der Waals surface area contributed by atoms with Gasteiger partial charge < -0.3 is 5.11 Å². The number of carboxylic acids is 1. The molecule has 1 N–H and O–H groups in total. The van der Waals surface area contributed by atoms with Crippen LogP contribution < -0.4 is 0 Å². The maximum absolute atomic E-state index is 11.0. The maximum atomic E-state index is 11.0. The minimum absolute atomic E-state index is 0. The lowest BCUT2D eigenvalue weighted by Gasteiger charge is -2.29. The molecule has 0 spiro atoms. The van der Waals surface area contributed by atoms with Crippen molar-refractivity contribution >= 4 is 11.8 Å². The van der Waals surface area contributed by atoms with Gasteiger partial charge in [0, 0.05) is 21.6 Å². The molecule has 1 rings (SSSR count). The molecule has 15 heavy (non-hydrogen) atoms. The van der Waals surface area contributed by atoms with Crippen LogP contribution in [0.25, 0.3) is 0 Å². The summed E-state index contributed by atoms with van der Waals surface area (Å²) in [6, 6.07) is 0. The Hall–Kier alpha value is -1.56. The Morgan fingerprint density at radius 3 is 2.67 bits per heavy atom. The Bertz CT molecular complexity index is 354. The highest BCUT2D eigenvalue weighted by atomic mass is 16.4. The predicted octanol–water partition coefficient (Wildman–Crippen LogP) is 2.27. The molecule has 0 unspecified atom stereocenters. The zero-order valence-corrected chi connectivity index (χ0v) is 8.75. The number of ketones is 1. The van der Waals surface area contributed by atoms with E-state index in [1.165, 1.54) is 0 Å². The number of carbonyl (C=O) groups is 2. The molecule has 1 aliphatic carbocycles. The van der Waals surface area contributed by atoms with Crippen LogP contribution in [0, 0.1) is 17.3 Å². The quantitative estimate of drug-likeness (QED) is 0.675. The molecule has 1 aliphatic rings. The summed E-state index contributed by atoms with van der Waals surface area (Å²) in [5.41, 5.74) is 0.00108. The van der Waals surface area contributed by atoms with Crippen molar-refractivity contribution in [3.63, 3.8) is 0 Å². The van der Waals surface area contributed by atoms with Gasteiger partial charge in [-0.1, -0.05) is 18.9 Å². The SMILES string of the molecule is CC1(/C=C/C#CC(=O)O)CCC(=O)CC1.[HH].[HH]. The molecule has 0 radical (unpaired) electrons. The number of rotatable bonds is 1. The van der Waals surface area contributed by atoms with Gasteiger partial charge in [-0.25, -0.2) is 4.79 Å². The predicted molar refractivity (Wildman–Crippen MR) is 60.4 cm³/mol. The highest BCUT2D eigenvalue weighted by Gasteiger charge is 2.27. The third-order valence-corrected chi connectivity index (χ3v) is 2.70. The van der Waals surface area contributed by atoms with Gasteiger partial charge in [0.2, 0.25) is 0 Å². The Morgan fingerprint density at radius 1 is 1.53 bits per heavy atom. The van der Waals surface area contributed by atoms with E-state index >= 15 is 0 Å². The van der Waals surface area contributed by atoms with Crippen molar-refractivity contribution in [1.82, 2.24) is 0 Å². The molecule has 0 amide bonds. The van der Waals surface area contributed by atoms with E-state index in [1.807, 2.05) is 12.0 Å². The summed E-state index contributed by atoms with van der Waals surface area (Å²) in [6.45, 7) is 2.07. The first-order valence-corrected chi connectivity index (χ1v) is 4.96. The van der Waals surface area contributed by atoms with E-state index < -0.39 is 5.97 Å². The number of Topliss-reactive ketones (excluding diaryl/α,β-unsaturated/α-hetero) is 1. The monoisotopic (exact) mass is 210 g/mol. The second kappa shape index (κ2) is 4.79. The molecular formula is C12H18O3. The summed E-state index contributed by atoms with van der Waals surface area (Å²) in [5, 5.41) is 8.30. The molecule has 0 bridgehead atoms. The normalized spacial score (nSPS) is 19.7. The van der Waals surface area contributed by atoms with Crippen LogP contribution in [-0.2, 0) is 9.59 Å². The van der Waals surface area contributed by atoms with Gasteiger partial charge >= 0.3 is 5.97 Å². The lowest BCUT2D eigenvalue weighted by molar-refractivity contribution is -0.130. The topological polar surface area (TPSA) is 54.4 Å². The van der Waals surface area contributed by atoms with E-state index in [9.17, 15) is 9.59 Å². The van der Waals surface area contributed by atoms with Crippen molar-refractivity contribution in [3.8, 4) is 11.8 Å². The second-order valence-electron chi connectivity index (χ2n) is 4.10. The molecule has 0 saturated heterocycles. The number of allylic oxidation sites excluding steroid dienone is 2. The van der Waals surface area contributed by atoms with Gasteiger partial charge in [0.15, 0.2) is 0 Å². The van der Waals surface area contributed by atoms with Gasteiger partial charge in [0.25, 0.3) is 0 Å². The number of hydrogen-bond acceptors (Lipinski definition) is 2. The van der Waals surface area contributed by atoms with Crippen molar-refractivity contribution in [2.24, 2.45) is 5.41 Å². The average Bonchev–Trinajstić information content (AvgIpc) is 2.18. The minimum Gasteiger partial charge on any atom is -0.472 e. The van der Waals surface area contributed by atoms with Crippen molar-refractivity contribution in [1.29, 1.82) is 0 Å². The zero-order chi connectivity index (χ0) is 11.3. The van der Waals surface area contributed by atoms with Gasteiger partial charge in [0.1, 0.15) is 5.78 Å². The molecule has 0 aliphatic heterocycles. The molecule has 1 saturated carbocycles. The molecule has 3 heteroatoms. The first kappa shape index (κ1) is 11.5. The van der Waals surface area contributed by atoms with E-state index in [-0.39, 0.29) is 8.27 Å². The average molecular weight is 210 g/mol. The van der Waals surface area contributed by atoms with Gasteiger partial charge in [-0.05, 0) is 24.3 Å². The lowest BCUT2D eigenvalue weighted by atomic mass is 9.75. The summed E-state index contributed by atoms with van der Waals surface area (Å²) < 4.78 is 0. The summed E-state index contributed by atoms with van der Waals surface area (Å²) in [5.74, 6) is 3.67. The first-order chi connectivity index (χ1) is 7.02. The molecular weight excluding hydrogens is 192 g/mol. The van der Waals surface area contributed by atoms with Crippen LogP contribution in [0.15, 0.2) is 12.2 Å². The largest absolute Gasteiger partial charge is 0.472 e. The summed E-state index contributed by atoms with van der Waals surface area (Å²) >= 11 is 0. The van der Waals surface area contributed by atoms with Gasteiger partial charge in [0.05, 0.1) is 0 Å². The Kier molecular flexibility index (Phi) is 3.68. The van der Waals surface area contributed by atoms with E-state index in [4.69, 9.17) is 5.11 Å². The van der Waals surface area contributed by atoms with Crippen LogP contribution in [0.5, 0.6) is 0 Å². The third kappa shape index (κ3) is 3.99. The van der Waals surface area contributed by atoms with Crippen LogP contribution in [0.1, 0.15) is 35.5 Å². The second-order valence-corrected chi connectivity index (χ2v) is 4.10. The molecule has 3 nitrogen and oxygen atoms in total. The van der Waals surface area contributed by atoms with Crippen molar-refractivity contribution < 1.29 is 17.5 Å². The van der Waals surface area contributed by atoms with Gasteiger partial charge in [-0.15, -0.1) is 0 Å². The van der Waals surface area contributed by atoms with Crippen LogP contribution in [-0.4, -0.2) is 16.9 Å². The molecule has 0 atom stereocenters. The Labute approximate surface area is 92.1 Å². The zero-order valence-electron chi connectivity index (χ0n) is 8.75. The fraction of sp³-hybridized carbons (Fsp3) is 0.500. The number of hydrogen-bond donors (Lipinski definition) is 1.